The number of halogens is 2. The summed E-state index contributed by atoms with van der Waals surface area (Å²) in [4.78, 5) is 12.5. The molecule has 2 aromatic rings. The predicted molar refractivity (Wildman–Crippen MR) is 67.2 cm³/mol. The maximum absolute atomic E-state index is 6.07. The SMILES string of the molecule is CCCc1c(Cl)nc(-c2nccs2)nc1Cl. The van der Waals surface area contributed by atoms with Crippen LogP contribution in [0.15, 0.2) is 11.6 Å². The molecule has 0 aliphatic carbocycles. The number of nitrogens with zero attached hydrogens (tertiary/aromatic N) is 3. The van der Waals surface area contributed by atoms with Crippen LogP contribution in [-0.2, 0) is 6.42 Å². The first-order valence-electron chi connectivity index (χ1n) is 4.84. The Hall–Kier alpha value is -0.710. The number of hydrogen-bond donors (Lipinski definition) is 0. The lowest BCUT2D eigenvalue weighted by Crippen LogP contribution is -1.97. The Morgan fingerprint density at radius 1 is 1.25 bits per heavy atom. The van der Waals surface area contributed by atoms with E-state index in [4.69, 9.17) is 23.2 Å². The van der Waals surface area contributed by atoms with E-state index in [2.05, 4.69) is 21.9 Å². The molecule has 0 saturated carbocycles. The summed E-state index contributed by atoms with van der Waals surface area (Å²) in [5.74, 6) is 0.491. The predicted octanol–water partition coefficient (Wildman–Crippen LogP) is 3.86. The smallest absolute Gasteiger partial charge is 0.191 e. The highest BCUT2D eigenvalue weighted by Gasteiger charge is 2.13. The minimum atomic E-state index is 0.423. The Morgan fingerprint density at radius 3 is 2.44 bits per heavy atom. The van der Waals surface area contributed by atoms with Crippen LogP contribution in [0.5, 0.6) is 0 Å². The molecule has 0 amide bonds. The van der Waals surface area contributed by atoms with Crippen LogP contribution >= 0.6 is 34.5 Å². The average Bonchev–Trinajstić information content (AvgIpc) is 2.76. The first-order valence-corrected chi connectivity index (χ1v) is 6.47. The number of hydrogen-bond acceptors (Lipinski definition) is 4. The van der Waals surface area contributed by atoms with Gasteiger partial charge in [0.05, 0.1) is 0 Å². The summed E-state index contributed by atoms with van der Waals surface area (Å²) in [6.07, 6.45) is 3.44. The van der Waals surface area contributed by atoms with Crippen molar-refractivity contribution >= 4 is 34.5 Å². The van der Waals surface area contributed by atoms with Gasteiger partial charge in [-0.25, -0.2) is 15.0 Å². The summed E-state index contributed by atoms with van der Waals surface area (Å²) in [6, 6.07) is 0. The molecule has 0 saturated heterocycles. The molecular formula is C10H9Cl2N3S. The monoisotopic (exact) mass is 273 g/mol. The van der Waals surface area contributed by atoms with Gasteiger partial charge >= 0.3 is 0 Å². The molecule has 0 N–H and O–H groups in total. The van der Waals surface area contributed by atoms with Crippen LogP contribution in [0.25, 0.3) is 10.8 Å². The van der Waals surface area contributed by atoms with Crippen LogP contribution < -0.4 is 0 Å². The lowest BCUT2D eigenvalue weighted by Gasteiger charge is -2.05. The lowest BCUT2D eigenvalue weighted by molar-refractivity contribution is 0.902. The van der Waals surface area contributed by atoms with Crippen LogP contribution in [0.3, 0.4) is 0 Å². The van der Waals surface area contributed by atoms with E-state index in [0.717, 1.165) is 23.4 Å². The van der Waals surface area contributed by atoms with Gasteiger partial charge in [0.2, 0.25) is 0 Å². The molecule has 0 spiro atoms. The van der Waals surface area contributed by atoms with Gasteiger partial charge in [-0.3, -0.25) is 0 Å². The first-order chi connectivity index (χ1) is 7.72. The Balaban J connectivity index is 2.45. The van der Waals surface area contributed by atoms with Gasteiger partial charge in [-0.15, -0.1) is 11.3 Å². The number of rotatable bonds is 3. The molecule has 2 aromatic heterocycles. The van der Waals surface area contributed by atoms with Gasteiger partial charge in [0.25, 0.3) is 0 Å². The summed E-state index contributed by atoms with van der Waals surface area (Å²) in [5, 5.41) is 3.44. The number of thiazole rings is 1. The highest BCUT2D eigenvalue weighted by molar-refractivity contribution is 7.13. The van der Waals surface area contributed by atoms with Crippen molar-refractivity contribution in [2.45, 2.75) is 19.8 Å². The minimum Gasteiger partial charge on any atom is -0.241 e. The highest BCUT2D eigenvalue weighted by Crippen LogP contribution is 2.27. The van der Waals surface area contributed by atoms with E-state index >= 15 is 0 Å². The van der Waals surface area contributed by atoms with E-state index < -0.39 is 0 Å². The third-order valence-corrected chi connectivity index (χ3v) is 3.42. The summed E-state index contributed by atoms with van der Waals surface area (Å²) in [6.45, 7) is 2.06. The Kier molecular flexibility index (Phi) is 3.74. The molecule has 0 fully saturated rings. The molecule has 2 rings (SSSR count). The van der Waals surface area contributed by atoms with E-state index in [9.17, 15) is 0 Å². The Bertz CT molecular complexity index is 462. The molecule has 0 aromatic carbocycles. The molecule has 0 aliphatic heterocycles. The van der Waals surface area contributed by atoms with Gasteiger partial charge in [0, 0.05) is 17.1 Å². The quantitative estimate of drug-likeness (QED) is 0.798. The second-order valence-electron chi connectivity index (χ2n) is 3.19. The second-order valence-corrected chi connectivity index (χ2v) is 4.81. The van der Waals surface area contributed by atoms with E-state index in [-0.39, 0.29) is 0 Å². The Labute approximate surface area is 107 Å². The maximum Gasteiger partial charge on any atom is 0.191 e. The van der Waals surface area contributed by atoms with Crippen molar-refractivity contribution in [1.82, 2.24) is 15.0 Å². The van der Waals surface area contributed by atoms with Crippen LogP contribution in [0, 0.1) is 0 Å². The minimum absolute atomic E-state index is 0.423. The zero-order valence-electron chi connectivity index (χ0n) is 8.57. The topological polar surface area (TPSA) is 38.7 Å². The molecule has 3 nitrogen and oxygen atoms in total. The van der Waals surface area contributed by atoms with Crippen molar-refractivity contribution in [3.05, 3.63) is 27.4 Å². The van der Waals surface area contributed by atoms with Crippen molar-refractivity contribution in [1.29, 1.82) is 0 Å². The van der Waals surface area contributed by atoms with E-state index in [1.165, 1.54) is 11.3 Å². The molecule has 16 heavy (non-hydrogen) atoms. The van der Waals surface area contributed by atoms with Crippen molar-refractivity contribution in [2.24, 2.45) is 0 Å². The number of aromatic nitrogens is 3. The fourth-order valence-corrected chi connectivity index (χ4v) is 2.46. The van der Waals surface area contributed by atoms with E-state index in [0.29, 0.717) is 16.1 Å². The van der Waals surface area contributed by atoms with Gasteiger partial charge in [0.1, 0.15) is 10.3 Å². The standard InChI is InChI=1S/C10H9Cl2N3S/c1-2-3-6-7(11)14-9(15-8(6)12)10-13-4-5-16-10/h4-5H,2-3H2,1H3. The summed E-state index contributed by atoms with van der Waals surface area (Å²) in [5.41, 5.74) is 0.811. The molecule has 0 unspecified atom stereocenters. The molecule has 0 atom stereocenters. The van der Waals surface area contributed by atoms with Gasteiger partial charge in [-0.2, -0.15) is 0 Å². The molecule has 0 aliphatic rings. The Morgan fingerprint density at radius 2 is 1.94 bits per heavy atom. The van der Waals surface area contributed by atoms with Crippen LogP contribution in [0.1, 0.15) is 18.9 Å². The third-order valence-electron chi connectivity index (χ3n) is 2.03. The average molecular weight is 274 g/mol. The lowest BCUT2D eigenvalue weighted by atomic mass is 10.2. The molecule has 0 bridgehead atoms. The summed E-state index contributed by atoms with van der Waals surface area (Å²) >= 11 is 13.6. The van der Waals surface area contributed by atoms with Crippen molar-refractivity contribution in [3.63, 3.8) is 0 Å². The third kappa shape index (κ3) is 2.34. The second kappa shape index (κ2) is 5.08. The molecule has 2 heterocycles. The largest absolute Gasteiger partial charge is 0.241 e. The van der Waals surface area contributed by atoms with E-state index in [1.807, 2.05) is 5.38 Å². The highest BCUT2D eigenvalue weighted by atomic mass is 35.5. The zero-order valence-corrected chi connectivity index (χ0v) is 10.9. The molecule has 0 radical (unpaired) electrons. The maximum atomic E-state index is 6.07. The van der Waals surface area contributed by atoms with Gasteiger partial charge < -0.3 is 0 Å². The van der Waals surface area contributed by atoms with E-state index in [1.54, 1.807) is 6.20 Å². The van der Waals surface area contributed by atoms with Crippen LogP contribution in [0.2, 0.25) is 10.3 Å². The summed E-state index contributed by atoms with van der Waals surface area (Å²) in [7, 11) is 0. The van der Waals surface area contributed by atoms with Crippen LogP contribution in [-0.4, -0.2) is 15.0 Å². The summed E-state index contributed by atoms with van der Waals surface area (Å²) < 4.78 is 0. The van der Waals surface area contributed by atoms with Gasteiger partial charge in [-0.05, 0) is 6.42 Å². The van der Waals surface area contributed by atoms with Gasteiger partial charge in [0.15, 0.2) is 10.8 Å². The fourth-order valence-electron chi connectivity index (χ4n) is 1.32. The fraction of sp³-hybridized carbons (Fsp3) is 0.300. The molecule has 84 valence electrons. The first kappa shape index (κ1) is 11.8. The van der Waals surface area contributed by atoms with Crippen molar-refractivity contribution in [3.8, 4) is 10.8 Å². The van der Waals surface area contributed by atoms with Gasteiger partial charge in [-0.1, -0.05) is 36.5 Å². The molecular weight excluding hydrogens is 265 g/mol. The van der Waals surface area contributed by atoms with Crippen LogP contribution in [0.4, 0.5) is 0 Å². The zero-order chi connectivity index (χ0) is 11.5. The normalized spacial score (nSPS) is 10.7. The van der Waals surface area contributed by atoms with Crippen molar-refractivity contribution in [2.75, 3.05) is 0 Å². The molecule has 6 heteroatoms. The van der Waals surface area contributed by atoms with Crippen molar-refractivity contribution < 1.29 is 0 Å².